The topological polar surface area (TPSA) is 67.8 Å². The molecule has 0 unspecified atom stereocenters. The smallest absolute Gasteiger partial charge is 0.404 e. The molecule has 1 heterocycles. The van der Waals surface area contributed by atoms with Gasteiger partial charge in [-0.25, -0.2) is 4.79 Å². The van der Waals surface area contributed by atoms with Crippen molar-refractivity contribution >= 4 is 6.09 Å². The Bertz CT molecular complexity index is 378. The number of hydrogen-bond acceptors (Lipinski definition) is 3. The molecule has 2 N–H and O–H groups in total. The van der Waals surface area contributed by atoms with Crippen LogP contribution in [-0.4, -0.2) is 24.4 Å². The molecule has 0 bridgehead atoms. The largest absolute Gasteiger partial charge is 0.486 e. The Kier molecular flexibility index (Phi) is 2.62. The fraction of sp³-hybridized carbons (Fsp3) is 0.300. The van der Waals surface area contributed by atoms with Gasteiger partial charge in [0.15, 0.2) is 11.5 Å². The highest BCUT2D eigenvalue weighted by atomic mass is 16.6. The van der Waals surface area contributed by atoms with Gasteiger partial charge in [-0.2, -0.15) is 0 Å². The van der Waals surface area contributed by atoms with E-state index in [1.807, 2.05) is 6.07 Å². The highest BCUT2D eigenvalue weighted by molar-refractivity contribution is 5.64. The van der Waals surface area contributed by atoms with E-state index in [4.69, 9.17) is 14.6 Å². The molecule has 1 aromatic rings. The number of carbonyl (C=O) groups is 1. The number of fused-ring (bicyclic) bond motifs is 1. The van der Waals surface area contributed by atoms with E-state index in [2.05, 4.69) is 5.32 Å². The Morgan fingerprint density at radius 2 is 2.07 bits per heavy atom. The first kappa shape index (κ1) is 9.64. The Labute approximate surface area is 86.6 Å². The SMILES string of the molecule is O=C(O)NCc1ccc2c(c1)OCCO2. The standard InChI is InChI=1S/C10H11NO4/c12-10(13)11-6-7-1-2-8-9(5-7)15-4-3-14-8/h1-2,5,11H,3-4,6H2,(H,12,13). The van der Waals surface area contributed by atoms with Crippen LogP contribution in [-0.2, 0) is 6.54 Å². The zero-order chi connectivity index (χ0) is 10.7. The molecule has 1 amide bonds. The maximum absolute atomic E-state index is 10.3. The average Bonchev–Trinajstić information content (AvgIpc) is 2.26. The molecule has 0 aliphatic carbocycles. The molecule has 5 heteroatoms. The van der Waals surface area contributed by atoms with Crippen molar-refractivity contribution in [1.82, 2.24) is 5.32 Å². The number of hydrogen-bond donors (Lipinski definition) is 2. The molecule has 15 heavy (non-hydrogen) atoms. The molecule has 80 valence electrons. The highest BCUT2D eigenvalue weighted by Crippen LogP contribution is 2.30. The summed E-state index contributed by atoms with van der Waals surface area (Å²) in [6, 6.07) is 5.38. The van der Waals surface area contributed by atoms with Crippen molar-refractivity contribution in [2.24, 2.45) is 0 Å². The lowest BCUT2D eigenvalue weighted by Crippen LogP contribution is -2.20. The third kappa shape index (κ3) is 2.31. The molecule has 5 nitrogen and oxygen atoms in total. The summed E-state index contributed by atoms with van der Waals surface area (Å²) in [6.45, 7) is 1.36. The molecule has 2 rings (SSSR count). The molecule has 1 aliphatic heterocycles. The van der Waals surface area contributed by atoms with Crippen LogP contribution in [0.1, 0.15) is 5.56 Å². The monoisotopic (exact) mass is 209 g/mol. The van der Waals surface area contributed by atoms with Crippen LogP contribution < -0.4 is 14.8 Å². The maximum atomic E-state index is 10.3. The van der Waals surface area contributed by atoms with Gasteiger partial charge in [-0.1, -0.05) is 6.07 Å². The summed E-state index contributed by atoms with van der Waals surface area (Å²) in [5.41, 5.74) is 0.849. The van der Waals surface area contributed by atoms with Crippen LogP contribution in [0.15, 0.2) is 18.2 Å². The van der Waals surface area contributed by atoms with Gasteiger partial charge >= 0.3 is 6.09 Å². The van der Waals surface area contributed by atoms with Gasteiger partial charge in [0, 0.05) is 6.54 Å². The van der Waals surface area contributed by atoms with Crippen molar-refractivity contribution in [3.63, 3.8) is 0 Å². The molecule has 0 spiro atoms. The third-order valence-corrected chi connectivity index (χ3v) is 2.05. The summed E-state index contributed by atoms with van der Waals surface area (Å²) in [6.07, 6.45) is -1.04. The van der Waals surface area contributed by atoms with Crippen LogP contribution in [0, 0.1) is 0 Å². The van der Waals surface area contributed by atoms with Gasteiger partial charge in [-0.05, 0) is 17.7 Å². The van der Waals surface area contributed by atoms with Crippen molar-refractivity contribution in [2.75, 3.05) is 13.2 Å². The minimum atomic E-state index is -1.04. The number of ether oxygens (including phenoxy) is 2. The number of benzene rings is 1. The van der Waals surface area contributed by atoms with Gasteiger partial charge < -0.3 is 19.9 Å². The zero-order valence-corrected chi connectivity index (χ0v) is 8.03. The lowest BCUT2D eigenvalue weighted by atomic mass is 10.2. The molecule has 0 radical (unpaired) electrons. The lowest BCUT2D eigenvalue weighted by Gasteiger charge is -2.18. The summed E-state index contributed by atoms with van der Waals surface area (Å²) in [5.74, 6) is 1.38. The summed E-state index contributed by atoms with van der Waals surface area (Å²) in [4.78, 5) is 10.3. The molecule has 0 aromatic heterocycles. The Balaban J connectivity index is 2.10. The van der Waals surface area contributed by atoms with Crippen molar-refractivity contribution in [2.45, 2.75) is 6.54 Å². The Morgan fingerprint density at radius 1 is 1.33 bits per heavy atom. The van der Waals surface area contributed by atoms with Crippen molar-refractivity contribution < 1.29 is 19.4 Å². The summed E-state index contributed by atoms with van der Waals surface area (Å²) in [7, 11) is 0. The highest BCUT2D eigenvalue weighted by Gasteiger charge is 2.11. The van der Waals surface area contributed by atoms with Crippen molar-refractivity contribution in [1.29, 1.82) is 0 Å². The third-order valence-electron chi connectivity index (χ3n) is 2.05. The number of rotatable bonds is 2. The molecule has 0 saturated carbocycles. The van der Waals surface area contributed by atoms with Crippen molar-refractivity contribution in [3.05, 3.63) is 23.8 Å². The van der Waals surface area contributed by atoms with E-state index < -0.39 is 6.09 Å². The Morgan fingerprint density at radius 3 is 2.80 bits per heavy atom. The quantitative estimate of drug-likeness (QED) is 0.768. The molecule has 1 aromatic carbocycles. The minimum Gasteiger partial charge on any atom is -0.486 e. The van der Waals surface area contributed by atoms with Gasteiger partial charge in [0.05, 0.1) is 0 Å². The minimum absolute atomic E-state index is 0.270. The first-order valence-electron chi connectivity index (χ1n) is 4.61. The normalized spacial score (nSPS) is 13.3. The number of amides is 1. The predicted molar refractivity (Wildman–Crippen MR) is 52.3 cm³/mol. The van der Waals surface area contributed by atoms with E-state index in [0.29, 0.717) is 24.7 Å². The molecular weight excluding hydrogens is 198 g/mol. The summed E-state index contributed by atoms with van der Waals surface area (Å²) >= 11 is 0. The molecule has 0 saturated heterocycles. The maximum Gasteiger partial charge on any atom is 0.404 e. The number of nitrogens with one attached hydrogen (secondary N) is 1. The summed E-state index contributed by atoms with van der Waals surface area (Å²) in [5, 5.41) is 10.7. The van der Waals surface area contributed by atoms with Crippen LogP contribution in [0.3, 0.4) is 0 Å². The van der Waals surface area contributed by atoms with Crippen LogP contribution in [0.4, 0.5) is 4.79 Å². The van der Waals surface area contributed by atoms with E-state index in [1.165, 1.54) is 0 Å². The zero-order valence-electron chi connectivity index (χ0n) is 8.03. The van der Waals surface area contributed by atoms with E-state index >= 15 is 0 Å². The molecule has 1 aliphatic rings. The molecular formula is C10H11NO4. The average molecular weight is 209 g/mol. The second-order valence-electron chi connectivity index (χ2n) is 3.14. The van der Waals surface area contributed by atoms with Crippen LogP contribution >= 0.6 is 0 Å². The Hall–Kier alpha value is -1.91. The fourth-order valence-corrected chi connectivity index (χ4v) is 1.38. The van der Waals surface area contributed by atoms with E-state index in [9.17, 15) is 4.79 Å². The number of carboxylic acid groups (broad SMARTS) is 1. The molecule has 0 fully saturated rings. The van der Waals surface area contributed by atoms with E-state index in [0.717, 1.165) is 5.56 Å². The summed E-state index contributed by atoms with van der Waals surface area (Å²) < 4.78 is 10.7. The van der Waals surface area contributed by atoms with Crippen LogP contribution in [0.2, 0.25) is 0 Å². The lowest BCUT2D eigenvalue weighted by molar-refractivity contribution is 0.171. The van der Waals surface area contributed by atoms with Gasteiger partial charge in [0.2, 0.25) is 0 Å². The van der Waals surface area contributed by atoms with Gasteiger partial charge in [-0.15, -0.1) is 0 Å². The first-order chi connectivity index (χ1) is 7.25. The van der Waals surface area contributed by atoms with Crippen LogP contribution in [0.5, 0.6) is 11.5 Å². The second-order valence-corrected chi connectivity index (χ2v) is 3.14. The van der Waals surface area contributed by atoms with Crippen LogP contribution in [0.25, 0.3) is 0 Å². The van der Waals surface area contributed by atoms with Gasteiger partial charge in [-0.3, -0.25) is 0 Å². The predicted octanol–water partition coefficient (Wildman–Crippen LogP) is 1.23. The first-order valence-corrected chi connectivity index (χ1v) is 4.61. The van der Waals surface area contributed by atoms with E-state index in [1.54, 1.807) is 12.1 Å². The molecule has 0 atom stereocenters. The van der Waals surface area contributed by atoms with Gasteiger partial charge in [0.1, 0.15) is 13.2 Å². The van der Waals surface area contributed by atoms with Gasteiger partial charge in [0.25, 0.3) is 0 Å². The fourth-order valence-electron chi connectivity index (χ4n) is 1.38. The van der Waals surface area contributed by atoms with E-state index in [-0.39, 0.29) is 6.54 Å². The van der Waals surface area contributed by atoms with Crippen molar-refractivity contribution in [3.8, 4) is 11.5 Å². The second kappa shape index (κ2) is 4.08.